The normalized spacial score (nSPS) is 30.7. The van der Waals surface area contributed by atoms with Gasteiger partial charge in [-0.1, -0.05) is 13.3 Å². The third kappa shape index (κ3) is 3.25. The van der Waals surface area contributed by atoms with Crippen molar-refractivity contribution in [3.05, 3.63) is 0 Å². The highest BCUT2D eigenvalue weighted by molar-refractivity contribution is 4.79. The molecular formula is C10H21NO2. The zero-order valence-electron chi connectivity index (χ0n) is 8.45. The number of likely N-dealkylation sites (tertiary alicyclic amines) is 1. The predicted octanol–water partition coefficient (Wildman–Crippen LogP) is 0.462. The Balaban J connectivity index is 2.24. The molecule has 0 spiro atoms. The van der Waals surface area contributed by atoms with Crippen LogP contribution in [0.25, 0.3) is 0 Å². The Labute approximate surface area is 80.4 Å². The summed E-state index contributed by atoms with van der Waals surface area (Å²) in [5.41, 5.74) is 0. The van der Waals surface area contributed by atoms with Gasteiger partial charge in [0.2, 0.25) is 0 Å². The van der Waals surface area contributed by atoms with Crippen molar-refractivity contribution >= 4 is 0 Å². The molecule has 0 aromatic rings. The minimum atomic E-state index is -0.324. The monoisotopic (exact) mass is 187 g/mol. The molecule has 0 amide bonds. The fourth-order valence-electron chi connectivity index (χ4n) is 1.84. The van der Waals surface area contributed by atoms with E-state index in [0.29, 0.717) is 0 Å². The highest BCUT2D eigenvalue weighted by atomic mass is 16.3. The summed E-state index contributed by atoms with van der Waals surface area (Å²) in [5.74, 6) is 0.109. The summed E-state index contributed by atoms with van der Waals surface area (Å²) >= 11 is 0. The summed E-state index contributed by atoms with van der Waals surface area (Å²) in [6, 6.07) is 0. The van der Waals surface area contributed by atoms with Crippen molar-refractivity contribution in [1.29, 1.82) is 0 Å². The molecule has 1 heterocycles. The summed E-state index contributed by atoms with van der Waals surface area (Å²) in [6.07, 6.45) is 3.02. The molecule has 1 aliphatic rings. The van der Waals surface area contributed by atoms with Crippen molar-refractivity contribution in [2.45, 2.75) is 32.3 Å². The molecule has 0 aromatic heterocycles. The van der Waals surface area contributed by atoms with E-state index in [2.05, 4.69) is 11.8 Å². The van der Waals surface area contributed by atoms with Crippen molar-refractivity contribution < 1.29 is 10.2 Å². The zero-order chi connectivity index (χ0) is 9.68. The van der Waals surface area contributed by atoms with Crippen molar-refractivity contribution in [2.24, 2.45) is 5.92 Å². The molecule has 1 fully saturated rings. The van der Waals surface area contributed by atoms with Gasteiger partial charge in [0.05, 0.1) is 6.10 Å². The van der Waals surface area contributed by atoms with Gasteiger partial charge in [-0.3, -0.25) is 0 Å². The number of unbranched alkanes of at least 4 members (excludes halogenated alkanes) is 1. The Morgan fingerprint density at radius 2 is 2.23 bits per heavy atom. The predicted molar refractivity (Wildman–Crippen MR) is 52.5 cm³/mol. The van der Waals surface area contributed by atoms with Crippen LogP contribution in [-0.4, -0.2) is 47.5 Å². The lowest BCUT2D eigenvalue weighted by molar-refractivity contribution is -0.00208. The van der Waals surface area contributed by atoms with Crippen LogP contribution >= 0.6 is 0 Å². The topological polar surface area (TPSA) is 43.7 Å². The minimum absolute atomic E-state index is 0.109. The van der Waals surface area contributed by atoms with Crippen LogP contribution < -0.4 is 0 Å². The number of aliphatic hydroxyl groups is 2. The highest BCUT2D eigenvalue weighted by Crippen LogP contribution is 2.17. The number of hydrogen-bond acceptors (Lipinski definition) is 3. The van der Waals surface area contributed by atoms with Crippen molar-refractivity contribution in [3.63, 3.8) is 0 Å². The van der Waals surface area contributed by atoms with Crippen molar-refractivity contribution in [3.8, 4) is 0 Å². The fourth-order valence-corrected chi connectivity index (χ4v) is 1.84. The quantitative estimate of drug-likeness (QED) is 0.672. The zero-order valence-corrected chi connectivity index (χ0v) is 8.45. The molecule has 0 aliphatic carbocycles. The molecule has 0 saturated carbocycles. The lowest BCUT2D eigenvalue weighted by atomic mass is 9.95. The second-order valence-corrected chi connectivity index (χ2v) is 3.95. The van der Waals surface area contributed by atoms with Gasteiger partial charge in [-0.05, 0) is 25.9 Å². The van der Waals surface area contributed by atoms with Crippen LogP contribution in [0.4, 0.5) is 0 Å². The van der Waals surface area contributed by atoms with Gasteiger partial charge in [-0.25, -0.2) is 0 Å². The first kappa shape index (κ1) is 11.0. The van der Waals surface area contributed by atoms with Gasteiger partial charge in [-0.2, -0.15) is 0 Å². The highest BCUT2D eigenvalue weighted by Gasteiger charge is 2.26. The molecule has 3 nitrogen and oxygen atoms in total. The third-order valence-corrected chi connectivity index (χ3v) is 2.87. The van der Waals surface area contributed by atoms with E-state index < -0.39 is 0 Å². The molecule has 0 unspecified atom stereocenters. The molecule has 2 atom stereocenters. The lowest BCUT2D eigenvalue weighted by Gasteiger charge is -2.34. The van der Waals surface area contributed by atoms with Crippen LogP contribution in [0.5, 0.6) is 0 Å². The van der Waals surface area contributed by atoms with E-state index in [1.165, 1.54) is 12.8 Å². The first-order chi connectivity index (χ1) is 6.27. The molecule has 3 heteroatoms. The summed E-state index contributed by atoms with van der Waals surface area (Å²) in [4.78, 5) is 2.29. The number of nitrogens with zero attached hydrogens (tertiary/aromatic N) is 1. The summed E-state index contributed by atoms with van der Waals surface area (Å²) in [7, 11) is 0. The maximum atomic E-state index is 9.64. The maximum absolute atomic E-state index is 9.64. The summed E-state index contributed by atoms with van der Waals surface area (Å²) in [6.45, 7) is 5.17. The number of β-amino-alcohol motifs (C(OH)–C–C–N with tert-alkyl or cyclic N) is 1. The average Bonchev–Trinajstić information content (AvgIpc) is 2.15. The molecule has 2 N–H and O–H groups in total. The minimum Gasteiger partial charge on any atom is -0.396 e. The molecule has 0 radical (unpaired) electrons. The van der Waals surface area contributed by atoms with Crippen molar-refractivity contribution in [1.82, 2.24) is 4.90 Å². The molecular weight excluding hydrogens is 166 g/mol. The Bertz CT molecular complexity index is 141. The number of piperidine rings is 1. The van der Waals surface area contributed by atoms with Gasteiger partial charge in [0, 0.05) is 19.1 Å². The van der Waals surface area contributed by atoms with Crippen LogP contribution in [0.2, 0.25) is 0 Å². The Hall–Kier alpha value is -0.120. The first-order valence-corrected chi connectivity index (χ1v) is 5.29. The van der Waals surface area contributed by atoms with E-state index in [-0.39, 0.29) is 18.6 Å². The SMILES string of the molecule is CCCCN1CC[C@H](CO)[C@H](O)C1. The largest absolute Gasteiger partial charge is 0.396 e. The Morgan fingerprint density at radius 1 is 1.46 bits per heavy atom. The Kier molecular flexibility index (Phi) is 4.70. The maximum Gasteiger partial charge on any atom is 0.0717 e. The van der Waals surface area contributed by atoms with Gasteiger partial charge < -0.3 is 15.1 Å². The first-order valence-electron chi connectivity index (χ1n) is 5.29. The fraction of sp³-hybridized carbons (Fsp3) is 1.00. The van der Waals surface area contributed by atoms with Crippen molar-refractivity contribution in [2.75, 3.05) is 26.2 Å². The summed E-state index contributed by atoms with van der Waals surface area (Å²) < 4.78 is 0. The van der Waals surface area contributed by atoms with Gasteiger partial charge in [0.1, 0.15) is 0 Å². The second-order valence-electron chi connectivity index (χ2n) is 3.95. The second kappa shape index (κ2) is 5.58. The molecule has 1 rings (SSSR count). The van der Waals surface area contributed by atoms with Gasteiger partial charge in [-0.15, -0.1) is 0 Å². The van der Waals surface area contributed by atoms with E-state index in [1.54, 1.807) is 0 Å². The van der Waals surface area contributed by atoms with Crippen LogP contribution in [0.15, 0.2) is 0 Å². The molecule has 1 aliphatic heterocycles. The Morgan fingerprint density at radius 3 is 2.77 bits per heavy atom. The number of hydrogen-bond donors (Lipinski definition) is 2. The van der Waals surface area contributed by atoms with Crippen LogP contribution in [0.3, 0.4) is 0 Å². The molecule has 0 bridgehead atoms. The van der Waals surface area contributed by atoms with E-state index in [9.17, 15) is 5.11 Å². The van der Waals surface area contributed by atoms with Gasteiger partial charge in [0.25, 0.3) is 0 Å². The van der Waals surface area contributed by atoms with E-state index in [0.717, 1.165) is 26.1 Å². The number of aliphatic hydroxyl groups excluding tert-OH is 2. The van der Waals surface area contributed by atoms with E-state index in [1.807, 2.05) is 0 Å². The average molecular weight is 187 g/mol. The summed E-state index contributed by atoms with van der Waals surface area (Å²) in [5, 5.41) is 18.6. The van der Waals surface area contributed by atoms with E-state index in [4.69, 9.17) is 5.11 Å². The molecule has 1 saturated heterocycles. The van der Waals surface area contributed by atoms with Gasteiger partial charge >= 0.3 is 0 Å². The van der Waals surface area contributed by atoms with E-state index >= 15 is 0 Å². The molecule has 13 heavy (non-hydrogen) atoms. The van der Waals surface area contributed by atoms with Crippen LogP contribution in [-0.2, 0) is 0 Å². The van der Waals surface area contributed by atoms with Gasteiger partial charge in [0.15, 0.2) is 0 Å². The van der Waals surface area contributed by atoms with Crippen LogP contribution in [0.1, 0.15) is 26.2 Å². The molecule has 0 aromatic carbocycles. The smallest absolute Gasteiger partial charge is 0.0717 e. The standard InChI is InChI=1S/C10H21NO2/c1-2-3-5-11-6-4-9(8-12)10(13)7-11/h9-10,12-13H,2-8H2,1H3/t9-,10-/m1/s1. The number of rotatable bonds is 4. The lowest BCUT2D eigenvalue weighted by Crippen LogP contribution is -2.45. The molecule has 78 valence electrons. The van der Waals surface area contributed by atoms with Crippen LogP contribution in [0, 0.1) is 5.92 Å². The third-order valence-electron chi connectivity index (χ3n) is 2.87.